The van der Waals surface area contributed by atoms with Gasteiger partial charge in [0.15, 0.2) is 5.58 Å². The van der Waals surface area contributed by atoms with E-state index in [-0.39, 0.29) is 0 Å². The predicted molar refractivity (Wildman–Crippen MR) is 64.1 cm³/mol. The Hall–Kier alpha value is -1.61. The lowest BCUT2D eigenvalue weighted by atomic mass is 9.98. The smallest absolute Gasteiger partial charge is 0.152 e. The lowest BCUT2D eigenvalue weighted by molar-refractivity contribution is 0.420. The van der Waals surface area contributed by atoms with E-state index in [0.717, 1.165) is 23.2 Å². The van der Waals surface area contributed by atoms with E-state index >= 15 is 0 Å². The van der Waals surface area contributed by atoms with Crippen LogP contribution in [0.3, 0.4) is 0 Å². The highest BCUT2D eigenvalue weighted by Crippen LogP contribution is 2.19. The van der Waals surface area contributed by atoms with Crippen molar-refractivity contribution in [1.29, 1.82) is 0 Å². The van der Waals surface area contributed by atoms with Crippen molar-refractivity contribution >= 4 is 17.2 Å². The van der Waals surface area contributed by atoms with Crippen molar-refractivity contribution in [2.45, 2.75) is 19.4 Å². The number of fused-ring (bicyclic) bond motifs is 1. The van der Waals surface area contributed by atoms with Gasteiger partial charge in [-0.1, -0.05) is 11.6 Å². The molecule has 1 saturated heterocycles. The number of hydrogen-bond acceptors (Lipinski definition) is 3. The number of rotatable bonds is 2. The zero-order valence-corrected chi connectivity index (χ0v) is 9.23. The van der Waals surface area contributed by atoms with Crippen LogP contribution in [0.25, 0.3) is 17.2 Å². The zero-order valence-electron chi connectivity index (χ0n) is 9.23. The molecular formula is C13H14N2O. The van der Waals surface area contributed by atoms with Crippen LogP contribution in [0.5, 0.6) is 0 Å². The van der Waals surface area contributed by atoms with E-state index in [2.05, 4.69) is 23.3 Å². The Morgan fingerprint density at radius 3 is 3.25 bits per heavy atom. The fraction of sp³-hybridized carbons (Fsp3) is 0.308. The van der Waals surface area contributed by atoms with Gasteiger partial charge < -0.3 is 9.73 Å². The van der Waals surface area contributed by atoms with Crippen LogP contribution >= 0.6 is 0 Å². The number of aromatic nitrogens is 1. The Bertz CT molecular complexity index is 538. The first-order valence-electron chi connectivity index (χ1n) is 5.58. The van der Waals surface area contributed by atoms with Crippen molar-refractivity contribution in [3.05, 3.63) is 35.7 Å². The Balaban J connectivity index is 1.92. The van der Waals surface area contributed by atoms with Gasteiger partial charge in [-0.15, -0.1) is 0 Å². The third kappa shape index (κ3) is 1.63. The average molecular weight is 214 g/mol. The third-order valence-corrected chi connectivity index (χ3v) is 3.09. The quantitative estimate of drug-likeness (QED) is 0.835. The molecule has 1 aliphatic heterocycles. The van der Waals surface area contributed by atoms with E-state index in [4.69, 9.17) is 4.42 Å². The summed E-state index contributed by atoms with van der Waals surface area (Å²) in [5.74, 6) is 0. The monoisotopic (exact) mass is 214 g/mol. The molecule has 16 heavy (non-hydrogen) atoms. The second-order valence-corrected chi connectivity index (χ2v) is 4.26. The highest BCUT2D eigenvalue weighted by atomic mass is 16.3. The highest BCUT2D eigenvalue weighted by molar-refractivity contribution is 5.75. The van der Waals surface area contributed by atoms with E-state index < -0.39 is 0 Å². The molecule has 1 fully saturated rings. The van der Waals surface area contributed by atoms with Crippen LogP contribution in [0.4, 0.5) is 0 Å². The minimum absolute atomic E-state index is 0.548. The minimum atomic E-state index is 0.548. The summed E-state index contributed by atoms with van der Waals surface area (Å²) < 4.78 is 5.33. The molecular weight excluding hydrogens is 200 g/mol. The van der Waals surface area contributed by atoms with Crippen LogP contribution in [0, 0.1) is 0 Å². The largest absolute Gasteiger partial charge is 0.463 e. The summed E-state index contributed by atoms with van der Waals surface area (Å²) in [5.41, 5.74) is 4.23. The maximum absolute atomic E-state index is 5.33. The maximum Gasteiger partial charge on any atom is 0.152 e. The molecule has 1 unspecified atom stereocenters. The van der Waals surface area contributed by atoms with Gasteiger partial charge in [-0.2, -0.15) is 0 Å². The number of hydrogen-bond donors (Lipinski definition) is 1. The topological polar surface area (TPSA) is 38.1 Å². The van der Waals surface area contributed by atoms with Gasteiger partial charge >= 0.3 is 0 Å². The first-order valence-corrected chi connectivity index (χ1v) is 5.58. The van der Waals surface area contributed by atoms with E-state index in [1.807, 2.05) is 18.3 Å². The lowest BCUT2D eigenvalue weighted by Gasteiger charge is -2.28. The van der Waals surface area contributed by atoms with Crippen molar-refractivity contribution in [2.24, 2.45) is 0 Å². The Morgan fingerprint density at radius 1 is 1.62 bits per heavy atom. The number of nitrogens with zero attached hydrogens (tertiary/aromatic N) is 1. The molecule has 2 aromatic rings. The molecule has 1 aliphatic rings. The van der Waals surface area contributed by atoms with E-state index in [9.17, 15) is 0 Å². The normalized spacial score (nSPS) is 21.1. The molecule has 0 saturated carbocycles. The van der Waals surface area contributed by atoms with Gasteiger partial charge in [0.25, 0.3) is 0 Å². The summed E-state index contributed by atoms with van der Waals surface area (Å²) >= 11 is 0. The van der Waals surface area contributed by atoms with Crippen LogP contribution in [0.2, 0.25) is 0 Å². The van der Waals surface area contributed by atoms with Gasteiger partial charge in [0.2, 0.25) is 0 Å². The molecule has 3 heterocycles. The highest BCUT2D eigenvalue weighted by Gasteiger charge is 2.17. The van der Waals surface area contributed by atoms with E-state index in [1.165, 1.54) is 12.0 Å². The summed E-state index contributed by atoms with van der Waals surface area (Å²) in [7, 11) is 0. The summed E-state index contributed by atoms with van der Waals surface area (Å²) in [5, 5.41) is 3.39. The SMILES string of the molecule is CC(=Cc1cnc2ccoc2c1)C1CCN1. The molecule has 2 aromatic heterocycles. The van der Waals surface area contributed by atoms with Crippen molar-refractivity contribution in [2.75, 3.05) is 6.54 Å². The second-order valence-electron chi connectivity index (χ2n) is 4.26. The first kappa shape index (κ1) is 9.60. The van der Waals surface area contributed by atoms with E-state index in [1.54, 1.807) is 6.26 Å². The van der Waals surface area contributed by atoms with Crippen molar-refractivity contribution < 1.29 is 4.42 Å². The number of nitrogens with one attached hydrogen (secondary N) is 1. The molecule has 0 bridgehead atoms. The Morgan fingerprint density at radius 2 is 2.50 bits per heavy atom. The summed E-state index contributed by atoms with van der Waals surface area (Å²) in [6.45, 7) is 3.29. The second kappa shape index (κ2) is 3.76. The molecule has 1 atom stereocenters. The van der Waals surface area contributed by atoms with Gasteiger partial charge in [0.05, 0.1) is 6.26 Å². The molecule has 0 amide bonds. The predicted octanol–water partition coefficient (Wildman–Crippen LogP) is 2.59. The van der Waals surface area contributed by atoms with Gasteiger partial charge in [0.1, 0.15) is 5.52 Å². The standard InChI is InChI=1S/C13H14N2O/c1-9(11-2-4-14-11)6-10-7-13-12(15-8-10)3-5-16-13/h3,5-8,11,14H,2,4H2,1H3. The van der Waals surface area contributed by atoms with Gasteiger partial charge in [-0.3, -0.25) is 4.98 Å². The maximum atomic E-state index is 5.33. The average Bonchev–Trinajstić information content (AvgIpc) is 2.61. The Kier molecular flexibility index (Phi) is 2.26. The Labute approximate surface area is 94.2 Å². The van der Waals surface area contributed by atoms with Crippen molar-refractivity contribution in [3.8, 4) is 0 Å². The molecule has 3 rings (SSSR count). The molecule has 82 valence electrons. The van der Waals surface area contributed by atoms with Crippen molar-refractivity contribution in [1.82, 2.24) is 10.3 Å². The molecule has 0 aliphatic carbocycles. The third-order valence-electron chi connectivity index (χ3n) is 3.09. The van der Waals surface area contributed by atoms with Gasteiger partial charge in [0, 0.05) is 18.3 Å². The van der Waals surface area contributed by atoms with Crippen LogP contribution in [-0.2, 0) is 0 Å². The molecule has 0 aromatic carbocycles. The van der Waals surface area contributed by atoms with Gasteiger partial charge in [-0.25, -0.2) is 0 Å². The van der Waals surface area contributed by atoms with Crippen LogP contribution in [0.15, 0.2) is 34.6 Å². The molecule has 3 heteroatoms. The molecule has 1 N–H and O–H groups in total. The van der Waals surface area contributed by atoms with Crippen LogP contribution < -0.4 is 5.32 Å². The van der Waals surface area contributed by atoms with Crippen molar-refractivity contribution in [3.63, 3.8) is 0 Å². The molecule has 0 spiro atoms. The van der Waals surface area contributed by atoms with Crippen LogP contribution in [0.1, 0.15) is 18.9 Å². The lowest BCUT2D eigenvalue weighted by Crippen LogP contribution is -2.43. The summed E-state index contributed by atoms with van der Waals surface area (Å²) in [4.78, 5) is 4.34. The fourth-order valence-electron chi connectivity index (χ4n) is 1.98. The first-order chi connectivity index (χ1) is 7.83. The van der Waals surface area contributed by atoms with Crippen LogP contribution in [-0.4, -0.2) is 17.6 Å². The minimum Gasteiger partial charge on any atom is -0.463 e. The number of pyridine rings is 1. The zero-order chi connectivity index (χ0) is 11.0. The van der Waals surface area contributed by atoms with Gasteiger partial charge in [-0.05, 0) is 31.5 Å². The number of furan rings is 1. The summed E-state index contributed by atoms with van der Waals surface area (Å²) in [6.07, 6.45) is 6.97. The summed E-state index contributed by atoms with van der Waals surface area (Å²) in [6, 6.07) is 4.46. The fourth-order valence-corrected chi connectivity index (χ4v) is 1.98. The molecule has 3 nitrogen and oxygen atoms in total. The molecule has 0 radical (unpaired) electrons. The van der Waals surface area contributed by atoms with E-state index in [0.29, 0.717) is 6.04 Å².